The summed E-state index contributed by atoms with van der Waals surface area (Å²) in [5.41, 5.74) is 5.13. The first-order valence-corrected chi connectivity index (χ1v) is 10.0. The van der Waals surface area contributed by atoms with Gasteiger partial charge in [0.2, 0.25) is 10.9 Å². The van der Waals surface area contributed by atoms with Crippen LogP contribution in [0.3, 0.4) is 0 Å². The monoisotopic (exact) mass is 403 g/mol. The third-order valence-electron chi connectivity index (χ3n) is 3.83. The lowest BCUT2D eigenvalue weighted by Gasteiger charge is -2.54. The zero-order valence-electron chi connectivity index (χ0n) is 13.8. The van der Waals surface area contributed by atoms with Crippen LogP contribution < -0.4 is 10.6 Å². The highest BCUT2D eigenvalue weighted by molar-refractivity contribution is 8.02. The minimum atomic E-state index is -1.45. The molecule has 9 nitrogen and oxygen atoms in total. The number of hydrogen-bond acceptors (Lipinski definition) is 10. The third-order valence-corrected chi connectivity index (χ3v) is 7.54. The molecule has 3 N–H and O–H groups in total. The number of nitrogens with two attached hydrogens (primary N) is 1. The number of β-lactam (4-membered cyclic amide) rings is 1. The van der Waals surface area contributed by atoms with E-state index in [4.69, 9.17) is 10.5 Å². The van der Waals surface area contributed by atoms with Gasteiger partial charge in [0.15, 0.2) is 4.34 Å². The molecule has 0 aliphatic carbocycles. The molecule has 2 aliphatic heterocycles. The van der Waals surface area contributed by atoms with Crippen LogP contribution >= 0.6 is 34.9 Å². The summed E-state index contributed by atoms with van der Waals surface area (Å²) in [6.45, 7) is 0. The summed E-state index contributed by atoms with van der Waals surface area (Å²) in [6, 6.07) is 0. The Kier molecular flexibility index (Phi) is 4.99. The highest BCUT2D eigenvalue weighted by Crippen LogP contribution is 2.46. The number of methoxy groups -OCH3 is 1. The average Bonchev–Trinajstić information content (AvgIpc) is 3.07. The molecule has 1 amide bonds. The van der Waals surface area contributed by atoms with Crippen LogP contribution in [0.25, 0.3) is 0 Å². The summed E-state index contributed by atoms with van der Waals surface area (Å²) in [5, 5.41) is 18.0. The van der Waals surface area contributed by atoms with Crippen LogP contribution in [0.5, 0.6) is 0 Å². The van der Waals surface area contributed by atoms with Gasteiger partial charge in [-0.05, 0) is 5.57 Å². The number of nitrogens with zero attached hydrogens (tertiary/aromatic N) is 4. The maximum atomic E-state index is 12.3. The molecule has 3 heterocycles. The van der Waals surface area contributed by atoms with Crippen molar-refractivity contribution in [1.82, 2.24) is 15.1 Å². The summed E-state index contributed by atoms with van der Waals surface area (Å²) in [6.07, 6.45) is 0. The fraction of sp³-hybridized carbons (Fsp3) is 0.538. The van der Waals surface area contributed by atoms with Gasteiger partial charge >= 0.3 is 5.97 Å². The lowest BCUT2D eigenvalue weighted by atomic mass is 10.00. The summed E-state index contributed by atoms with van der Waals surface area (Å²) in [7, 11) is 5.10. The Hall–Kier alpha value is -1.34. The van der Waals surface area contributed by atoms with Gasteiger partial charge in [-0.15, -0.1) is 22.0 Å². The number of carbonyl (C=O) groups is 2. The largest absolute Gasteiger partial charge is 0.477 e. The van der Waals surface area contributed by atoms with E-state index in [9.17, 15) is 14.7 Å². The van der Waals surface area contributed by atoms with Crippen molar-refractivity contribution in [1.29, 1.82) is 0 Å². The number of aromatic nitrogens is 2. The Morgan fingerprint density at radius 1 is 1.56 bits per heavy atom. The van der Waals surface area contributed by atoms with E-state index in [2.05, 4.69) is 10.2 Å². The number of carbonyl (C=O) groups excluding carboxylic acids is 1. The summed E-state index contributed by atoms with van der Waals surface area (Å²) in [4.78, 5) is 27.1. The average molecular weight is 404 g/mol. The smallest absolute Gasteiger partial charge is 0.352 e. The number of hydrogen-bond donors (Lipinski definition) is 2. The fourth-order valence-electron chi connectivity index (χ4n) is 2.50. The zero-order valence-corrected chi connectivity index (χ0v) is 16.2. The number of aliphatic carboxylic acids is 1. The predicted octanol–water partition coefficient (Wildman–Crippen LogP) is 0.251. The van der Waals surface area contributed by atoms with Crippen LogP contribution in [0.15, 0.2) is 15.6 Å². The Bertz CT molecular complexity index is 752. The minimum absolute atomic E-state index is 0.00303. The van der Waals surface area contributed by atoms with Gasteiger partial charge in [-0.25, -0.2) is 4.79 Å². The van der Waals surface area contributed by atoms with Crippen molar-refractivity contribution in [3.8, 4) is 0 Å². The number of carboxylic acids is 1. The van der Waals surface area contributed by atoms with Crippen molar-refractivity contribution in [3.05, 3.63) is 11.3 Å². The molecule has 3 rings (SSSR count). The van der Waals surface area contributed by atoms with Gasteiger partial charge in [0.05, 0.1) is 0 Å². The first-order valence-electron chi connectivity index (χ1n) is 7.17. The van der Waals surface area contributed by atoms with Gasteiger partial charge in [0.25, 0.3) is 5.91 Å². The number of ether oxygens (including phenoxy) is 1. The number of fused-ring (bicyclic) bond motifs is 1. The Labute approximate surface area is 156 Å². The van der Waals surface area contributed by atoms with Crippen molar-refractivity contribution in [2.24, 2.45) is 5.73 Å². The number of carboxylic acid groups (broad SMARTS) is 1. The van der Waals surface area contributed by atoms with Gasteiger partial charge in [-0.2, -0.15) is 0 Å². The molecule has 0 aromatic carbocycles. The molecule has 25 heavy (non-hydrogen) atoms. The van der Waals surface area contributed by atoms with Crippen LogP contribution in [0, 0.1) is 0 Å². The van der Waals surface area contributed by atoms with Crippen molar-refractivity contribution in [3.63, 3.8) is 0 Å². The van der Waals surface area contributed by atoms with Crippen LogP contribution in [-0.4, -0.2) is 75.9 Å². The Morgan fingerprint density at radius 3 is 2.84 bits per heavy atom. The standard InChI is InChI=1S/C13H17N5O4S3/c1-17(2)11-15-16-12(25-11)24-5-6-4-23-10-13(14,22-3)9(21)18(10)7(6)8(19)20/h10H,4-5,14H2,1-3H3,(H,19,20)/t10-,13+/m1/s1. The SMILES string of the molecule is CO[C@@]1(N)C(=O)N2C(C(=O)O)=C(CSc3nnc(N(C)C)s3)CS[C@@H]21. The van der Waals surface area contributed by atoms with E-state index in [1.807, 2.05) is 19.0 Å². The molecule has 0 saturated carbocycles. The maximum Gasteiger partial charge on any atom is 0.352 e. The minimum Gasteiger partial charge on any atom is -0.477 e. The molecule has 0 bridgehead atoms. The van der Waals surface area contributed by atoms with Gasteiger partial charge in [0, 0.05) is 32.7 Å². The lowest BCUT2D eigenvalue weighted by Crippen LogP contribution is -2.78. The molecule has 1 aromatic heterocycles. The molecular weight excluding hydrogens is 386 g/mol. The highest BCUT2D eigenvalue weighted by Gasteiger charge is 2.63. The van der Waals surface area contributed by atoms with E-state index in [0.717, 1.165) is 9.47 Å². The van der Waals surface area contributed by atoms with Crippen LogP contribution in [-0.2, 0) is 14.3 Å². The Morgan fingerprint density at radius 2 is 2.28 bits per heavy atom. The molecule has 2 aliphatic rings. The number of thioether (sulfide) groups is 2. The van der Waals surface area contributed by atoms with E-state index in [1.165, 1.54) is 46.9 Å². The predicted molar refractivity (Wildman–Crippen MR) is 96.6 cm³/mol. The normalized spacial score (nSPS) is 25.7. The van der Waals surface area contributed by atoms with Crippen molar-refractivity contribution >= 4 is 51.9 Å². The fourth-order valence-corrected chi connectivity index (χ4v) is 5.80. The molecule has 0 spiro atoms. The van der Waals surface area contributed by atoms with Gasteiger partial charge in [0.1, 0.15) is 11.1 Å². The van der Waals surface area contributed by atoms with Crippen LogP contribution in [0.4, 0.5) is 5.13 Å². The summed E-state index contributed by atoms with van der Waals surface area (Å²) in [5.74, 6) is -0.792. The van der Waals surface area contributed by atoms with Crippen LogP contribution in [0.1, 0.15) is 0 Å². The molecule has 0 radical (unpaired) electrons. The molecule has 2 atom stereocenters. The van der Waals surface area contributed by atoms with E-state index >= 15 is 0 Å². The van der Waals surface area contributed by atoms with E-state index in [0.29, 0.717) is 17.1 Å². The second-order valence-corrected chi connectivity index (χ2v) is 8.87. The van der Waals surface area contributed by atoms with Crippen LogP contribution in [0.2, 0.25) is 0 Å². The summed E-state index contributed by atoms with van der Waals surface area (Å²) >= 11 is 4.23. The van der Waals surface area contributed by atoms with Gasteiger partial charge < -0.3 is 14.7 Å². The molecule has 0 unspecified atom stereocenters. The molecule has 1 aromatic rings. The van der Waals surface area contributed by atoms with E-state index in [1.54, 1.807) is 0 Å². The highest BCUT2D eigenvalue weighted by atomic mass is 32.2. The first-order chi connectivity index (χ1) is 11.8. The van der Waals surface area contributed by atoms with E-state index < -0.39 is 23.0 Å². The number of amides is 1. The molecule has 136 valence electrons. The molecule has 12 heteroatoms. The topological polar surface area (TPSA) is 122 Å². The number of rotatable bonds is 6. The van der Waals surface area contributed by atoms with Crippen molar-refractivity contribution < 1.29 is 19.4 Å². The number of anilines is 1. The second kappa shape index (κ2) is 6.76. The first kappa shape index (κ1) is 18.5. The third kappa shape index (κ3) is 3.01. The lowest BCUT2D eigenvalue weighted by molar-refractivity contribution is -0.182. The second-order valence-electron chi connectivity index (χ2n) is 5.63. The van der Waals surface area contributed by atoms with Gasteiger partial charge in [-0.1, -0.05) is 23.1 Å². The summed E-state index contributed by atoms with van der Waals surface area (Å²) < 4.78 is 5.84. The molecular formula is C13H17N5O4S3. The van der Waals surface area contributed by atoms with Crippen molar-refractivity contribution in [2.75, 3.05) is 37.6 Å². The molecule has 1 saturated heterocycles. The molecule has 1 fully saturated rings. The zero-order chi connectivity index (χ0) is 18.4. The van der Waals surface area contributed by atoms with E-state index in [-0.39, 0.29) is 5.70 Å². The maximum absolute atomic E-state index is 12.3. The Balaban J connectivity index is 1.79. The van der Waals surface area contributed by atoms with Crippen molar-refractivity contribution in [2.45, 2.75) is 15.4 Å². The van der Waals surface area contributed by atoms with Gasteiger partial charge in [-0.3, -0.25) is 15.4 Å². The quantitative estimate of drug-likeness (QED) is 0.388.